The fourth-order valence-corrected chi connectivity index (χ4v) is 5.11. The van der Waals surface area contributed by atoms with Crippen LogP contribution in [0.5, 0.6) is 0 Å². The highest BCUT2D eigenvalue weighted by molar-refractivity contribution is 5.46. The number of hydrogen-bond donors (Lipinski definition) is 2. The second kappa shape index (κ2) is 10.7. The van der Waals surface area contributed by atoms with Gasteiger partial charge in [0, 0.05) is 55.3 Å². The molecule has 1 aromatic heterocycles. The van der Waals surface area contributed by atoms with Gasteiger partial charge in [-0.15, -0.1) is 0 Å². The van der Waals surface area contributed by atoms with Gasteiger partial charge in [-0.2, -0.15) is 0 Å². The van der Waals surface area contributed by atoms with Crippen LogP contribution in [0.1, 0.15) is 85.2 Å². The Balaban J connectivity index is 1.59. The van der Waals surface area contributed by atoms with E-state index in [9.17, 15) is 9.90 Å². The smallest absolute Gasteiger partial charge is 0.207 e. The number of amides is 1. The normalized spacial score (nSPS) is 25.2. The molecule has 1 aliphatic carbocycles. The minimum Gasteiger partial charge on any atom is -0.390 e. The van der Waals surface area contributed by atoms with E-state index in [1.165, 1.54) is 19.3 Å². The largest absolute Gasteiger partial charge is 0.390 e. The van der Waals surface area contributed by atoms with Crippen LogP contribution in [0.25, 0.3) is 0 Å². The number of nitrogens with zero attached hydrogens (tertiary/aromatic N) is 4. The Labute approximate surface area is 200 Å². The Bertz CT molecular complexity index is 778. The Morgan fingerprint density at radius 1 is 1.12 bits per heavy atom. The summed E-state index contributed by atoms with van der Waals surface area (Å²) >= 11 is 0. The van der Waals surface area contributed by atoms with Gasteiger partial charge in [-0.05, 0) is 65.3 Å². The zero-order valence-corrected chi connectivity index (χ0v) is 21.6. The molecule has 0 spiro atoms. The van der Waals surface area contributed by atoms with Crippen molar-refractivity contribution in [3.05, 3.63) is 17.6 Å². The molecule has 2 aliphatic rings. The van der Waals surface area contributed by atoms with E-state index in [1.807, 2.05) is 13.8 Å². The summed E-state index contributed by atoms with van der Waals surface area (Å²) in [6, 6.07) is 2.92. The van der Waals surface area contributed by atoms with E-state index in [-0.39, 0.29) is 5.41 Å². The van der Waals surface area contributed by atoms with E-state index >= 15 is 0 Å². The number of carbonyl (C=O) groups excluding carboxylic acids is 1. The first-order valence-corrected chi connectivity index (χ1v) is 12.7. The number of carbonyl (C=O) groups is 1. The van der Waals surface area contributed by atoms with Crippen molar-refractivity contribution < 1.29 is 9.90 Å². The molecule has 7 nitrogen and oxygen atoms in total. The predicted molar refractivity (Wildman–Crippen MR) is 134 cm³/mol. The van der Waals surface area contributed by atoms with Crippen molar-refractivity contribution in [3.63, 3.8) is 0 Å². The Morgan fingerprint density at radius 3 is 2.39 bits per heavy atom. The Morgan fingerprint density at radius 2 is 1.82 bits per heavy atom. The van der Waals surface area contributed by atoms with Crippen LogP contribution in [0.2, 0.25) is 0 Å². The lowest BCUT2D eigenvalue weighted by atomic mass is 9.84. The highest BCUT2D eigenvalue weighted by Gasteiger charge is 2.29. The minimum absolute atomic E-state index is 0.141. The molecule has 186 valence electrons. The molecule has 0 bridgehead atoms. The third-order valence-corrected chi connectivity index (χ3v) is 7.11. The first-order valence-electron chi connectivity index (χ1n) is 12.7. The SMILES string of the molecule is CC1CN(c2cc(CC(C)(C)O)nc(C(C)(C)C)n2)CCN1CCC1CCC(NC=O)CC1. The fourth-order valence-electron chi connectivity index (χ4n) is 5.11. The van der Waals surface area contributed by atoms with Crippen LogP contribution in [0, 0.1) is 5.92 Å². The third kappa shape index (κ3) is 7.64. The second-order valence-electron chi connectivity index (χ2n) is 11.9. The molecule has 1 atom stereocenters. The van der Waals surface area contributed by atoms with Crippen LogP contribution in [-0.4, -0.2) is 70.2 Å². The van der Waals surface area contributed by atoms with Crippen LogP contribution in [0.3, 0.4) is 0 Å². The minimum atomic E-state index is -0.796. The van der Waals surface area contributed by atoms with Gasteiger partial charge in [0.05, 0.1) is 5.60 Å². The molecule has 1 aliphatic heterocycles. The third-order valence-electron chi connectivity index (χ3n) is 7.11. The van der Waals surface area contributed by atoms with Gasteiger partial charge in [-0.1, -0.05) is 20.8 Å². The van der Waals surface area contributed by atoms with Gasteiger partial charge in [0.1, 0.15) is 11.6 Å². The first kappa shape index (κ1) is 25.9. The van der Waals surface area contributed by atoms with Gasteiger partial charge < -0.3 is 15.3 Å². The summed E-state index contributed by atoms with van der Waals surface area (Å²) < 4.78 is 0. The number of piperazine rings is 1. The number of nitrogens with one attached hydrogen (secondary N) is 1. The standard InChI is InChI=1S/C26H45N5O2/c1-19-17-31(14-13-30(19)12-11-20-7-9-21(10-8-20)27-18-32)23-15-22(16-26(5,6)33)28-24(29-23)25(2,3)4/h15,18-21,33H,7-14,16-17H2,1-6H3,(H,27,32). The van der Waals surface area contributed by atoms with Crippen molar-refractivity contribution in [1.82, 2.24) is 20.2 Å². The number of hydrogen-bond acceptors (Lipinski definition) is 6. The Hall–Kier alpha value is -1.73. The maximum absolute atomic E-state index is 10.7. The van der Waals surface area contributed by atoms with Gasteiger partial charge >= 0.3 is 0 Å². The summed E-state index contributed by atoms with van der Waals surface area (Å²) in [6.45, 7) is 16.5. The summed E-state index contributed by atoms with van der Waals surface area (Å²) in [5.41, 5.74) is -0.0278. The molecular formula is C26H45N5O2. The molecule has 3 rings (SSSR count). The molecule has 33 heavy (non-hydrogen) atoms. The lowest BCUT2D eigenvalue weighted by Gasteiger charge is -2.41. The number of rotatable bonds is 8. The van der Waals surface area contributed by atoms with Crippen LogP contribution in [-0.2, 0) is 16.6 Å². The molecular weight excluding hydrogens is 414 g/mol. The summed E-state index contributed by atoms with van der Waals surface area (Å²) in [4.78, 5) is 25.4. The maximum atomic E-state index is 10.7. The summed E-state index contributed by atoms with van der Waals surface area (Å²) in [7, 11) is 0. The number of aliphatic hydroxyl groups is 1. The topological polar surface area (TPSA) is 81.6 Å². The van der Waals surface area contributed by atoms with Gasteiger partial charge in [0.2, 0.25) is 6.41 Å². The lowest BCUT2D eigenvalue weighted by molar-refractivity contribution is -0.110. The van der Waals surface area contributed by atoms with E-state index in [0.29, 0.717) is 18.5 Å². The predicted octanol–water partition coefficient (Wildman–Crippen LogP) is 3.29. The highest BCUT2D eigenvalue weighted by Crippen LogP contribution is 2.29. The average molecular weight is 460 g/mol. The van der Waals surface area contributed by atoms with Gasteiger partial charge in [-0.3, -0.25) is 9.69 Å². The molecule has 1 amide bonds. The second-order valence-corrected chi connectivity index (χ2v) is 11.9. The van der Waals surface area contributed by atoms with Gasteiger partial charge in [0.15, 0.2) is 0 Å². The van der Waals surface area contributed by atoms with Crippen LogP contribution < -0.4 is 10.2 Å². The van der Waals surface area contributed by atoms with E-state index in [2.05, 4.69) is 48.9 Å². The summed E-state index contributed by atoms with van der Waals surface area (Å²) in [5, 5.41) is 13.3. The molecule has 1 saturated heterocycles. The van der Waals surface area contributed by atoms with E-state index in [4.69, 9.17) is 9.97 Å². The van der Waals surface area contributed by atoms with Crippen LogP contribution >= 0.6 is 0 Å². The molecule has 2 heterocycles. The number of aromatic nitrogens is 2. The Kier molecular flexibility index (Phi) is 8.38. The van der Waals surface area contributed by atoms with E-state index in [1.54, 1.807) is 0 Å². The average Bonchev–Trinajstić information content (AvgIpc) is 2.72. The van der Waals surface area contributed by atoms with Crippen LogP contribution in [0.15, 0.2) is 6.07 Å². The fraction of sp³-hybridized carbons (Fsp3) is 0.808. The first-order chi connectivity index (χ1) is 15.4. The molecule has 0 radical (unpaired) electrons. The van der Waals surface area contributed by atoms with Crippen LogP contribution in [0.4, 0.5) is 5.82 Å². The van der Waals surface area contributed by atoms with Crippen molar-refractivity contribution in [1.29, 1.82) is 0 Å². The van der Waals surface area contributed by atoms with Gasteiger partial charge in [-0.25, -0.2) is 9.97 Å². The zero-order valence-electron chi connectivity index (χ0n) is 21.6. The monoisotopic (exact) mass is 459 g/mol. The van der Waals surface area contributed by atoms with E-state index in [0.717, 1.165) is 68.7 Å². The van der Waals surface area contributed by atoms with Crippen molar-refractivity contribution >= 4 is 12.2 Å². The van der Waals surface area contributed by atoms with Crippen molar-refractivity contribution in [2.75, 3.05) is 31.1 Å². The number of anilines is 1. The molecule has 2 fully saturated rings. The van der Waals surface area contributed by atoms with Gasteiger partial charge in [0.25, 0.3) is 0 Å². The summed E-state index contributed by atoms with van der Waals surface area (Å²) in [5.74, 6) is 2.61. The molecule has 1 unspecified atom stereocenters. The maximum Gasteiger partial charge on any atom is 0.207 e. The van der Waals surface area contributed by atoms with Crippen molar-refractivity contribution in [2.45, 2.75) is 103 Å². The molecule has 7 heteroatoms. The van der Waals surface area contributed by atoms with E-state index < -0.39 is 5.60 Å². The molecule has 1 saturated carbocycles. The summed E-state index contributed by atoms with van der Waals surface area (Å²) in [6.07, 6.45) is 7.29. The zero-order chi connectivity index (χ0) is 24.2. The lowest BCUT2D eigenvalue weighted by Crippen LogP contribution is -2.52. The molecule has 1 aromatic rings. The molecule has 0 aromatic carbocycles. The van der Waals surface area contributed by atoms with Crippen molar-refractivity contribution in [2.24, 2.45) is 5.92 Å². The highest BCUT2D eigenvalue weighted by atomic mass is 16.3. The quantitative estimate of drug-likeness (QED) is 0.581. The molecule has 2 N–H and O–H groups in total. The van der Waals surface area contributed by atoms with Crippen molar-refractivity contribution in [3.8, 4) is 0 Å².